The van der Waals surface area contributed by atoms with Crippen LogP contribution in [0.5, 0.6) is 5.75 Å². The minimum absolute atomic E-state index is 0.323. The molecule has 0 radical (unpaired) electrons. The predicted octanol–water partition coefficient (Wildman–Crippen LogP) is 1.72. The Hall–Kier alpha value is -2.08. The van der Waals surface area contributed by atoms with E-state index in [-0.39, 0.29) is 11.9 Å². The summed E-state index contributed by atoms with van der Waals surface area (Å²) in [5.41, 5.74) is 0.806. The van der Waals surface area contributed by atoms with Gasteiger partial charge in [0.25, 0.3) is 0 Å². The second-order valence-corrected chi connectivity index (χ2v) is 7.08. The highest BCUT2D eigenvalue weighted by Gasteiger charge is 2.81. The van der Waals surface area contributed by atoms with Gasteiger partial charge < -0.3 is 14.2 Å². The number of hydrogen-bond donors (Lipinski definition) is 0. The van der Waals surface area contributed by atoms with Gasteiger partial charge in [-0.1, -0.05) is 12.1 Å². The van der Waals surface area contributed by atoms with E-state index in [2.05, 4.69) is 17.9 Å². The number of likely N-dealkylation sites (tertiary alicyclic amines) is 1. The number of carbonyl (C=O) groups is 2. The second-order valence-electron chi connectivity index (χ2n) is 7.08. The average molecular weight is 347 g/mol. The van der Waals surface area contributed by atoms with E-state index in [9.17, 15) is 9.59 Å². The minimum atomic E-state index is -0.756. The summed E-state index contributed by atoms with van der Waals surface area (Å²) in [7, 11) is 2.73. The Morgan fingerprint density at radius 3 is 2.24 bits per heavy atom. The molecule has 6 nitrogen and oxygen atoms in total. The predicted molar refractivity (Wildman–Crippen MR) is 91.4 cm³/mol. The number of hydrogen-bond acceptors (Lipinski definition) is 6. The monoisotopic (exact) mass is 347 g/mol. The van der Waals surface area contributed by atoms with Gasteiger partial charge in [0.2, 0.25) is 0 Å². The van der Waals surface area contributed by atoms with Gasteiger partial charge in [-0.25, -0.2) is 0 Å². The van der Waals surface area contributed by atoms with E-state index < -0.39 is 10.8 Å². The van der Waals surface area contributed by atoms with Crippen LogP contribution in [0.2, 0.25) is 0 Å². The maximum atomic E-state index is 12.2. The van der Waals surface area contributed by atoms with Gasteiger partial charge in [0.15, 0.2) is 0 Å². The van der Waals surface area contributed by atoms with Crippen molar-refractivity contribution in [1.29, 1.82) is 0 Å². The van der Waals surface area contributed by atoms with Gasteiger partial charge in [0, 0.05) is 19.6 Å². The quantitative estimate of drug-likeness (QED) is 0.730. The lowest BCUT2D eigenvalue weighted by atomic mass is 9.96. The summed E-state index contributed by atoms with van der Waals surface area (Å²) in [6.07, 6.45) is 0.508. The molecule has 2 aliphatic rings. The third-order valence-corrected chi connectivity index (χ3v) is 5.75. The molecule has 0 amide bonds. The first-order valence-electron chi connectivity index (χ1n) is 8.48. The summed E-state index contributed by atoms with van der Waals surface area (Å²) >= 11 is 0. The molecule has 2 fully saturated rings. The lowest BCUT2D eigenvalue weighted by Crippen LogP contribution is -2.32. The lowest BCUT2D eigenvalue weighted by molar-refractivity contribution is -0.155. The molecular weight excluding hydrogens is 322 g/mol. The summed E-state index contributed by atoms with van der Waals surface area (Å²) < 4.78 is 15.8. The van der Waals surface area contributed by atoms with Gasteiger partial charge >= 0.3 is 11.9 Å². The first-order valence-corrected chi connectivity index (χ1v) is 8.48. The maximum Gasteiger partial charge on any atom is 0.314 e. The zero-order valence-corrected chi connectivity index (χ0v) is 15.3. The van der Waals surface area contributed by atoms with Gasteiger partial charge in [0.05, 0.1) is 25.0 Å². The average Bonchev–Trinajstić information content (AvgIpc) is 3.15. The number of rotatable bonds is 6. The van der Waals surface area contributed by atoms with E-state index in [1.54, 1.807) is 0 Å². The van der Waals surface area contributed by atoms with E-state index in [0.717, 1.165) is 11.3 Å². The molecule has 0 spiro atoms. The van der Waals surface area contributed by atoms with Crippen molar-refractivity contribution in [3.63, 3.8) is 0 Å². The summed E-state index contributed by atoms with van der Waals surface area (Å²) in [6.45, 7) is 6.24. The molecule has 3 rings (SSSR count). The molecule has 0 unspecified atom stereocenters. The van der Waals surface area contributed by atoms with Gasteiger partial charge in [-0.15, -0.1) is 0 Å². The first kappa shape index (κ1) is 17.7. The van der Waals surface area contributed by atoms with E-state index in [1.807, 2.05) is 19.1 Å². The van der Waals surface area contributed by atoms with E-state index in [0.29, 0.717) is 32.7 Å². The van der Waals surface area contributed by atoms with Gasteiger partial charge in [-0.3, -0.25) is 14.5 Å². The largest absolute Gasteiger partial charge is 0.492 e. The van der Waals surface area contributed by atoms with Crippen LogP contribution in [-0.2, 0) is 19.1 Å². The molecule has 1 aromatic carbocycles. The molecule has 0 N–H and O–H groups in total. The normalized spacial score (nSPS) is 27.5. The van der Waals surface area contributed by atoms with Crippen LogP contribution in [-0.4, -0.2) is 57.3 Å². The SMILES string of the molecule is COC(=O)[C@@]12CN(CCOc3cccc(C)c3C)C[C@]1(C(=O)OC)C2. The van der Waals surface area contributed by atoms with Crippen molar-refractivity contribution >= 4 is 11.9 Å². The van der Waals surface area contributed by atoms with Crippen LogP contribution in [0.25, 0.3) is 0 Å². The number of esters is 2. The number of ether oxygens (including phenoxy) is 3. The Kier molecular flexibility index (Phi) is 4.49. The Morgan fingerprint density at radius 2 is 1.68 bits per heavy atom. The Balaban J connectivity index is 1.63. The molecular formula is C19H25NO5. The summed E-state index contributed by atoms with van der Waals surface area (Å²) in [6, 6.07) is 5.98. The Labute approximate surface area is 148 Å². The van der Waals surface area contributed by atoms with Crippen LogP contribution in [0.15, 0.2) is 18.2 Å². The topological polar surface area (TPSA) is 65.1 Å². The van der Waals surface area contributed by atoms with Crippen LogP contribution >= 0.6 is 0 Å². The van der Waals surface area contributed by atoms with Crippen LogP contribution in [0.1, 0.15) is 17.5 Å². The molecule has 0 aromatic heterocycles. The Bertz CT molecular complexity index is 673. The first-order chi connectivity index (χ1) is 11.9. The highest BCUT2D eigenvalue weighted by Crippen LogP contribution is 2.69. The van der Waals surface area contributed by atoms with E-state index >= 15 is 0 Å². The second kappa shape index (κ2) is 6.33. The number of carbonyl (C=O) groups excluding carboxylic acids is 2. The summed E-state index contributed by atoms with van der Waals surface area (Å²) in [5, 5.41) is 0. The number of benzene rings is 1. The zero-order chi connectivity index (χ0) is 18.2. The van der Waals surface area contributed by atoms with Crippen molar-refractivity contribution in [2.45, 2.75) is 20.3 Å². The third kappa shape index (κ3) is 2.68. The summed E-state index contributed by atoms with van der Waals surface area (Å²) in [5.74, 6) is 0.224. The molecule has 1 aromatic rings. The van der Waals surface area contributed by atoms with Gasteiger partial charge in [-0.2, -0.15) is 0 Å². The van der Waals surface area contributed by atoms with E-state index in [4.69, 9.17) is 14.2 Å². The van der Waals surface area contributed by atoms with Crippen LogP contribution in [0.4, 0.5) is 0 Å². The molecule has 1 aliphatic carbocycles. The molecule has 136 valence electrons. The lowest BCUT2D eigenvalue weighted by Gasteiger charge is -2.20. The highest BCUT2D eigenvalue weighted by molar-refractivity contribution is 5.96. The van der Waals surface area contributed by atoms with Crippen molar-refractivity contribution in [3.05, 3.63) is 29.3 Å². The van der Waals surface area contributed by atoms with Crippen molar-refractivity contribution < 1.29 is 23.8 Å². The number of methoxy groups -OCH3 is 2. The molecule has 0 bridgehead atoms. The molecule has 25 heavy (non-hydrogen) atoms. The molecule has 1 saturated heterocycles. The number of piperidine rings is 1. The van der Waals surface area contributed by atoms with E-state index in [1.165, 1.54) is 19.8 Å². The molecule has 1 saturated carbocycles. The number of nitrogens with zero attached hydrogens (tertiary/aromatic N) is 1. The molecule has 1 heterocycles. The van der Waals surface area contributed by atoms with Crippen LogP contribution in [0.3, 0.4) is 0 Å². The highest BCUT2D eigenvalue weighted by atomic mass is 16.5. The Morgan fingerprint density at radius 1 is 1.08 bits per heavy atom. The molecule has 2 atom stereocenters. The molecule has 6 heteroatoms. The van der Waals surface area contributed by atoms with Gasteiger partial charge in [-0.05, 0) is 37.5 Å². The maximum absolute atomic E-state index is 12.2. The van der Waals surface area contributed by atoms with Crippen molar-refractivity contribution in [3.8, 4) is 5.75 Å². The van der Waals surface area contributed by atoms with Crippen molar-refractivity contribution in [2.75, 3.05) is 40.5 Å². The molecule has 1 aliphatic heterocycles. The summed E-state index contributed by atoms with van der Waals surface area (Å²) in [4.78, 5) is 26.6. The van der Waals surface area contributed by atoms with Crippen molar-refractivity contribution in [1.82, 2.24) is 4.90 Å². The van der Waals surface area contributed by atoms with Crippen LogP contribution in [0, 0.1) is 24.7 Å². The zero-order valence-electron chi connectivity index (χ0n) is 15.3. The standard InChI is InChI=1S/C19H25NO5/c1-13-6-5-7-15(14(13)2)25-9-8-20-11-18(16(21)23-3)10-19(18,12-20)17(22)24-4/h5-7H,8-12H2,1-4H3/t18-,19+. The number of fused-ring (bicyclic) bond motifs is 1. The fourth-order valence-electron chi connectivity index (χ4n) is 4.08. The third-order valence-electron chi connectivity index (χ3n) is 5.75. The van der Waals surface area contributed by atoms with Crippen LogP contribution < -0.4 is 4.74 Å². The number of aryl methyl sites for hydroxylation is 1. The van der Waals surface area contributed by atoms with Gasteiger partial charge in [0.1, 0.15) is 12.4 Å². The fourth-order valence-corrected chi connectivity index (χ4v) is 4.08. The van der Waals surface area contributed by atoms with Crippen molar-refractivity contribution in [2.24, 2.45) is 10.8 Å². The smallest absolute Gasteiger partial charge is 0.314 e. The minimum Gasteiger partial charge on any atom is -0.492 e. The fraction of sp³-hybridized carbons (Fsp3) is 0.579.